The molecule has 2 aromatic rings. The third-order valence-corrected chi connectivity index (χ3v) is 10.5. The van der Waals surface area contributed by atoms with E-state index < -0.39 is 102 Å². The van der Waals surface area contributed by atoms with E-state index in [9.17, 15) is 43.2 Å². The Kier molecular flexibility index (Phi) is 25.8. The predicted molar refractivity (Wildman–Crippen MR) is 265 cm³/mol. The summed E-state index contributed by atoms with van der Waals surface area (Å²) in [6.07, 6.45) is 0.110. The molecule has 70 heavy (non-hydrogen) atoms. The van der Waals surface area contributed by atoms with E-state index in [2.05, 4.69) is 37.2 Å². The van der Waals surface area contributed by atoms with E-state index in [1.54, 1.807) is 96.1 Å². The van der Waals surface area contributed by atoms with Crippen molar-refractivity contribution in [3.05, 3.63) is 71.8 Å². The van der Waals surface area contributed by atoms with Crippen LogP contribution in [0, 0.1) is 5.92 Å². The molecule has 0 aromatic heterocycles. The fourth-order valence-electron chi connectivity index (χ4n) is 6.51. The van der Waals surface area contributed by atoms with Crippen molar-refractivity contribution in [2.75, 3.05) is 25.1 Å². The summed E-state index contributed by atoms with van der Waals surface area (Å²) in [5.41, 5.74) is 5.17. The first-order chi connectivity index (χ1) is 32.8. The molecule has 9 N–H and O–H groups in total. The van der Waals surface area contributed by atoms with Crippen molar-refractivity contribution in [3.63, 3.8) is 0 Å². The van der Waals surface area contributed by atoms with Gasteiger partial charge in [-0.25, -0.2) is 9.59 Å². The molecule has 2 aromatic carbocycles. The van der Waals surface area contributed by atoms with Crippen LogP contribution in [0.25, 0.3) is 0 Å². The molecule has 21 heteroatoms. The monoisotopic (exact) mass is 999 g/mol. The number of rotatable bonds is 28. The van der Waals surface area contributed by atoms with Gasteiger partial charge in [-0.2, -0.15) is 11.8 Å². The zero-order valence-electron chi connectivity index (χ0n) is 41.9. The molecular weight excluding hydrogens is 925 g/mol. The fraction of sp³-hybridized carbons (Fsp3) is 0.571. The van der Waals surface area contributed by atoms with Crippen LogP contribution in [0.5, 0.6) is 0 Å². The molecule has 0 spiro atoms. The maximum absolute atomic E-state index is 14.3. The summed E-state index contributed by atoms with van der Waals surface area (Å²) < 4.78 is 16.1. The summed E-state index contributed by atoms with van der Waals surface area (Å²) in [6, 6.07) is 11.4. The standard InChI is InChI=1S/C49H74N8O12S/c1-31(2)27-37(45(64)54-34(41(50)60)24-26-70-9)53-39(58)29-52-42(61)38(28-32-17-12-10-13-18-32)56-44(63)36(22-23-40(59)67-30-33-19-14-11-15-20-33)55-43(62)35(57-47(66)69-49(6,7)8)21-16-25-51-46(65)68-48(3,4)5/h10-15,17-20,31,34-38H,16,21-30H2,1-9H3,(H2,50,60)(H,51,65)(H,52,61)(H,53,58)(H,54,64)(H,55,62)(H,56,63)(H,57,66)/t34-,35-,36-,37-,38-/m0/s1. The first-order valence-corrected chi connectivity index (χ1v) is 24.7. The van der Waals surface area contributed by atoms with Crippen LogP contribution in [0.4, 0.5) is 9.59 Å². The highest BCUT2D eigenvalue weighted by molar-refractivity contribution is 7.98. The highest BCUT2D eigenvalue weighted by Crippen LogP contribution is 2.13. The van der Waals surface area contributed by atoms with Gasteiger partial charge in [-0.3, -0.25) is 33.6 Å². The second-order valence-corrected chi connectivity index (χ2v) is 20.0. The van der Waals surface area contributed by atoms with E-state index >= 15 is 0 Å². The molecule has 2 rings (SSSR count). The number of carbonyl (C=O) groups is 9. The number of esters is 1. The number of benzene rings is 2. The van der Waals surface area contributed by atoms with Crippen LogP contribution in [-0.4, -0.2) is 120 Å². The summed E-state index contributed by atoms with van der Waals surface area (Å²) >= 11 is 1.47. The molecule has 5 atom stereocenters. The van der Waals surface area contributed by atoms with Crippen molar-refractivity contribution in [2.45, 2.75) is 148 Å². The molecule has 0 aliphatic carbocycles. The average Bonchev–Trinajstić information content (AvgIpc) is 3.27. The van der Waals surface area contributed by atoms with Crippen LogP contribution in [-0.2, 0) is 60.8 Å². The molecule has 0 unspecified atom stereocenters. The second kappa shape index (κ2) is 30.3. The van der Waals surface area contributed by atoms with Crippen molar-refractivity contribution in [1.82, 2.24) is 37.2 Å². The normalized spacial score (nSPS) is 13.5. The fourth-order valence-corrected chi connectivity index (χ4v) is 6.98. The van der Waals surface area contributed by atoms with Gasteiger partial charge in [-0.05, 0) is 103 Å². The number of primary amides is 1. The first kappa shape index (κ1) is 59.7. The van der Waals surface area contributed by atoms with Gasteiger partial charge < -0.3 is 57.2 Å². The summed E-state index contributed by atoms with van der Waals surface area (Å²) in [5, 5.41) is 18.2. The molecule has 20 nitrogen and oxygen atoms in total. The Labute approximate surface area is 415 Å². The van der Waals surface area contributed by atoms with E-state index in [1.807, 2.05) is 26.2 Å². The van der Waals surface area contributed by atoms with E-state index in [4.69, 9.17) is 19.9 Å². The van der Waals surface area contributed by atoms with Gasteiger partial charge in [0, 0.05) is 19.4 Å². The zero-order valence-corrected chi connectivity index (χ0v) is 42.7. The van der Waals surface area contributed by atoms with E-state index in [0.717, 1.165) is 5.56 Å². The molecule has 0 saturated carbocycles. The van der Waals surface area contributed by atoms with E-state index in [0.29, 0.717) is 11.3 Å². The summed E-state index contributed by atoms with van der Waals surface area (Å²) in [6.45, 7) is 13.1. The summed E-state index contributed by atoms with van der Waals surface area (Å²) in [5.74, 6) is -4.78. The smallest absolute Gasteiger partial charge is 0.408 e. The quantitative estimate of drug-likeness (QED) is 0.0346. The van der Waals surface area contributed by atoms with Gasteiger partial charge in [0.1, 0.15) is 48.0 Å². The number of nitrogens with two attached hydrogens (primary N) is 1. The van der Waals surface area contributed by atoms with E-state index in [1.165, 1.54) is 11.8 Å². The van der Waals surface area contributed by atoms with E-state index in [-0.39, 0.29) is 64.0 Å². The minimum atomic E-state index is -1.48. The zero-order chi connectivity index (χ0) is 52.4. The van der Waals surface area contributed by atoms with Crippen molar-refractivity contribution in [3.8, 4) is 0 Å². The number of hydrogen-bond donors (Lipinski definition) is 8. The third-order valence-electron chi connectivity index (χ3n) is 9.83. The number of carbonyl (C=O) groups excluding carboxylic acids is 9. The van der Waals surface area contributed by atoms with Crippen LogP contribution >= 0.6 is 11.8 Å². The number of thioether (sulfide) groups is 1. The molecule has 8 amide bonds. The molecule has 0 heterocycles. The Hall–Kier alpha value is -6.38. The van der Waals surface area contributed by atoms with Crippen LogP contribution in [0.3, 0.4) is 0 Å². The topological polar surface area (TPSA) is 292 Å². The molecule has 0 bridgehead atoms. The number of ether oxygens (including phenoxy) is 3. The lowest BCUT2D eigenvalue weighted by atomic mass is 10.0. The highest BCUT2D eigenvalue weighted by Gasteiger charge is 2.32. The van der Waals surface area contributed by atoms with Crippen molar-refractivity contribution in [2.24, 2.45) is 11.7 Å². The Morgan fingerprint density at radius 2 is 1.13 bits per heavy atom. The number of amides is 8. The molecule has 0 radical (unpaired) electrons. The third kappa shape index (κ3) is 25.8. The largest absolute Gasteiger partial charge is 0.461 e. The van der Waals surface area contributed by atoms with Crippen LogP contribution in [0.15, 0.2) is 60.7 Å². The van der Waals surface area contributed by atoms with Crippen molar-refractivity contribution >= 4 is 65.4 Å². The average molecular weight is 999 g/mol. The lowest BCUT2D eigenvalue weighted by Gasteiger charge is -2.27. The molecule has 0 saturated heterocycles. The van der Waals surface area contributed by atoms with Crippen molar-refractivity contribution < 1.29 is 57.4 Å². The lowest BCUT2D eigenvalue weighted by Crippen LogP contribution is -2.58. The Balaban J connectivity index is 2.39. The first-order valence-electron chi connectivity index (χ1n) is 23.3. The van der Waals surface area contributed by atoms with Gasteiger partial charge in [0.25, 0.3) is 0 Å². The van der Waals surface area contributed by atoms with Gasteiger partial charge in [-0.1, -0.05) is 74.5 Å². The number of alkyl carbamates (subject to hydrolysis) is 2. The summed E-state index contributed by atoms with van der Waals surface area (Å²) in [4.78, 5) is 119. The maximum Gasteiger partial charge on any atom is 0.408 e. The van der Waals surface area contributed by atoms with Crippen LogP contribution < -0.4 is 43.0 Å². The Bertz CT molecular complexity index is 2030. The van der Waals surface area contributed by atoms with Gasteiger partial charge in [0.15, 0.2) is 0 Å². The molecule has 0 aliphatic rings. The maximum atomic E-state index is 14.3. The summed E-state index contributed by atoms with van der Waals surface area (Å²) in [7, 11) is 0. The van der Waals surface area contributed by atoms with Gasteiger partial charge >= 0.3 is 18.2 Å². The highest BCUT2D eigenvalue weighted by atomic mass is 32.2. The number of hydrogen-bond acceptors (Lipinski definition) is 13. The SMILES string of the molecule is CSCC[C@H](NC(=O)[C@H](CC(C)C)NC(=O)CNC(=O)[C@H](Cc1ccccc1)NC(=O)[C@H](CCC(=O)OCc1ccccc1)NC(=O)[C@H](CCCNC(=O)OC(C)(C)C)NC(=O)OC(C)(C)C)C(N)=O. The Morgan fingerprint density at radius 1 is 0.600 bits per heavy atom. The molecule has 0 aliphatic heterocycles. The second-order valence-electron chi connectivity index (χ2n) is 19.0. The Morgan fingerprint density at radius 3 is 1.69 bits per heavy atom. The minimum Gasteiger partial charge on any atom is -0.461 e. The van der Waals surface area contributed by atoms with Crippen LogP contribution in [0.2, 0.25) is 0 Å². The molecule has 0 fully saturated rings. The number of nitrogens with one attached hydrogen (secondary N) is 7. The van der Waals surface area contributed by atoms with Gasteiger partial charge in [0.2, 0.25) is 35.4 Å². The van der Waals surface area contributed by atoms with Gasteiger partial charge in [-0.15, -0.1) is 0 Å². The minimum absolute atomic E-state index is 0.0428. The molecule has 388 valence electrons. The lowest BCUT2D eigenvalue weighted by molar-refractivity contribution is -0.145. The predicted octanol–water partition coefficient (Wildman–Crippen LogP) is 3.29. The van der Waals surface area contributed by atoms with Crippen LogP contribution in [0.1, 0.15) is 105 Å². The van der Waals surface area contributed by atoms with Crippen molar-refractivity contribution in [1.29, 1.82) is 0 Å². The molecular formula is C49H74N8O12S. The van der Waals surface area contributed by atoms with Gasteiger partial charge in [0.05, 0.1) is 6.54 Å².